The number of nitrogens with one attached hydrogen (secondary N) is 3. The number of hydrogen-bond acceptors (Lipinski definition) is 5. The highest BCUT2D eigenvalue weighted by molar-refractivity contribution is 6.30. The van der Waals surface area contributed by atoms with E-state index in [-0.39, 0.29) is 23.7 Å². The van der Waals surface area contributed by atoms with Gasteiger partial charge in [0.05, 0.1) is 11.5 Å². The quantitative estimate of drug-likeness (QED) is 0.714. The molecule has 1 aromatic heterocycles. The van der Waals surface area contributed by atoms with E-state index in [4.69, 9.17) is 11.6 Å². The van der Waals surface area contributed by atoms with E-state index < -0.39 is 17.4 Å². The number of rotatable bonds is 3. The number of fused-ring (bicyclic) bond motifs is 1. The molecule has 3 N–H and O–H groups in total. The number of halogens is 1. The van der Waals surface area contributed by atoms with E-state index in [1.54, 1.807) is 24.3 Å². The smallest absolute Gasteiger partial charge is 0.258 e. The van der Waals surface area contributed by atoms with E-state index in [9.17, 15) is 14.4 Å². The van der Waals surface area contributed by atoms with Crippen LogP contribution in [0, 0.1) is 5.92 Å². The molecule has 0 unspecified atom stereocenters. The number of piperidine rings is 1. The van der Waals surface area contributed by atoms with Crippen molar-refractivity contribution in [1.29, 1.82) is 0 Å². The second kappa shape index (κ2) is 7.87. The first-order valence-electron chi connectivity index (χ1n) is 9.66. The summed E-state index contributed by atoms with van der Waals surface area (Å²) in [5.74, 6) is -0.503. The second-order valence-corrected chi connectivity index (χ2v) is 8.06. The Morgan fingerprint density at radius 1 is 1.28 bits per heavy atom. The van der Waals surface area contributed by atoms with Crippen LogP contribution >= 0.6 is 11.6 Å². The summed E-state index contributed by atoms with van der Waals surface area (Å²) < 4.78 is 0. The lowest BCUT2D eigenvalue weighted by atomic mass is 9.92. The minimum atomic E-state index is -0.926. The summed E-state index contributed by atoms with van der Waals surface area (Å²) in [6.07, 6.45) is 1.90. The van der Waals surface area contributed by atoms with Crippen molar-refractivity contribution in [1.82, 2.24) is 9.97 Å². The molecule has 3 heterocycles. The lowest BCUT2D eigenvalue weighted by molar-refractivity contribution is -0.123. The maximum Gasteiger partial charge on any atom is 0.258 e. The molecule has 1 saturated heterocycles. The highest BCUT2D eigenvalue weighted by atomic mass is 35.5. The molecule has 4 rings (SSSR count). The van der Waals surface area contributed by atoms with Gasteiger partial charge < -0.3 is 15.5 Å². The summed E-state index contributed by atoms with van der Waals surface area (Å²) >= 11 is 5.96. The van der Waals surface area contributed by atoms with Gasteiger partial charge in [-0.1, -0.05) is 24.6 Å². The Bertz CT molecular complexity index is 1010. The summed E-state index contributed by atoms with van der Waals surface area (Å²) in [6, 6.07) is 6.69. The number of hydrogen-bond donors (Lipinski definition) is 3. The third-order valence-corrected chi connectivity index (χ3v) is 5.67. The number of nitrogens with zero attached hydrogens (tertiary/aromatic N) is 2. The van der Waals surface area contributed by atoms with E-state index >= 15 is 0 Å². The van der Waals surface area contributed by atoms with Crippen LogP contribution in [-0.4, -0.2) is 34.9 Å². The lowest BCUT2D eigenvalue weighted by Gasteiger charge is -2.31. The van der Waals surface area contributed by atoms with Crippen molar-refractivity contribution in [3.05, 3.63) is 45.2 Å². The standard InChI is InChI=1S/C20H22ClN5O3/c1-11-5-7-26(8-6-11)20-24-17-16(19(29)25-20)14(10-15(27)23-17)18(28)22-13-4-2-3-12(21)9-13/h2-4,9,11,14H,5-8,10H2,1H3,(H,22,28)(H2,23,24,25,27,29)/t14-/m1/s1. The number of aromatic nitrogens is 2. The zero-order valence-electron chi connectivity index (χ0n) is 16.0. The minimum Gasteiger partial charge on any atom is -0.342 e. The molecule has 8 nitrogen and oxygen atoms in total. The van der Waals surface area contributed by atoms with Crippen LogP contribution in [0.3, 0.4) is 0 Å². The second-order valence-electron chi connectivity index (χ2n) is 7.63. The van der Waals surface area contributed by atoms with Gasteiger partial charge in [0.1, 0.15) is 5.82 Å². The van der Waals surface area contributed by atoms with E-state index in [1.807, 2.05) is 4.90 Å². The van der Waals surface area contributed by atoms with Crippen molar-refractivity contribution in [3.63, 3.8) is 0 Å². The van der Waals surface area contributed by atoms with Gasteiger partial charge in [0.2, 0.25) is 17.8 Å². The van der Waals surface area contributed by atoms with Crippen molar-refractivity contribution in [2.24, 2.45) is 5.92 Å². The Labute approximate surface area is 172 Å². The van der Waals surface area contributed by atoms with Gasteiger partial charge in [-0.15, -0.1) is 0 Å². The molecule has 0 saturated carbocycles. The average Bonchev–Trinajstić information content (AvgIpc) is 2.67. The van der Waals surface area contributed by atoms with Crippen LogP contribution in [-0.2, 0) is 9.59 Å². The number of anilines is 3. The molecule has 29 heavy (non-hydrogen) atoms. The Hall–Kier alpha value is -2.87. The monoisotopic (exact) mass is 415 g/mol. The number of carbonyl (C=O) groups excluding carboxylic acids is 2. The summed E-state index contributed by atoms with van der Waals surface area (Å²) in [5.41, 5.74) is 0.270. The third kappa shape index (κ3) is 4.12. The largest absolute Gasteiger partial charge is 0.342 e. The first-order valence-corrected chi connectivity index (χ1v) is 10.0. The normalized spacial score (nSPS) is 19.4. The Morgan fingerprint density at radius 3 is 2.76 bits per heavy atom. The molecule has 0 bridgehead atoms. The summed E-state index contributed by atoms with van der Waals surface area (Å²) in [6.45, 7) is 3.77. The van der Waals surface area contributed by atoms with Crippen LogP contribution in [0.5, 0.6) is 0 Å². The van der Waals surface area contributed by atoms with Crippen LogP contribution < -0.4 is 21.1 Å². The highest BCUT2D eigenvalue weighted by Crippen LogP contribution is 2.31. The van der Waals surface area contributed by atoms with Crippen molar-refractivity contribution in [2.45, 2.75) is 32.1 Å². The zero-order valence-corrected chi connectivity index (χ0v) is 16.8. The predicted molar refractivity (Wildman–Crippen MR) is 112 cm³/mol. The maximum absolute atomic E-state index is 12.8. The molecule has 1 fully saturated rings. The van der Waals surface area contributed by atoms with Gasteiger partial charge >= 0.3 is 0 Å². The van der Waals surface area contributed by atoms with Crippen LogP contribution in [0.25, 0.3) is 0 Å². The molecule has 0 aliphatic carbocycles. The Kier molecular flexibility index (Phi) is 5.27. The Morgan fingerprint density at radius 2 is 2.03 bits per heavy atom. The molecule has 9 heteroatoms. The van der Waals surface area contributed by atoms with Crippen molar-refractivity contribution in [2.75, 3.05) is 28.6 Å². The van der Waals surface area contributed by atoms with Crippen molar-refractivity contribution in [3.8, 4) is 0 Å². The molecule has 152 valence electrons. The van der Waals surface area contributed by atoms with Gasteiger partial charge in [-0.3, -0.25) is 19.4 Å². The van der Waals surface area contributed by atoms with E-state index in [0.717, 1.165) is 25.9 Å². The lowest BCUT2D eigenvalue weighted by Crippen LogP contribution is -2.39. The number of carbonyl (C=O) groups is 2. The van der Waals surface area contributed by atoms with Gasteiger partial charge in [0.15, 0.2) is 0 Å². The van der Waals surface area contributed by atoms with E-state index in [1.165, 1.54) is 0 Å². The molecule has 2 aliphatic rings. The average molecular weight is 416 g/mol. The number of amides is 2. The fourth-order valence-corrected chi connectivity index (χ4v) is 3.94. The van der Waals surface area contributed by atoms with E-state index in [0.29, 0.717) is 22.6 Å². The fourth-order valence-electron chi connectivity index (χ4n) is 3.75. The fraction of sp³-hybridized carbons (Fsp3) is 0.400. The number of H-pyrrole nitrogens is 1. The summed E-state index contributed by atoms with van der Waals surface area (Å²) in [5, 5.41) is 5.86. The van der Waals surface area contributed by atoms with Crippen molar-refractivity contribution < 1.29 is 9.59 Å². The summed E-state index contributed by atoms with van der Waals surface area (Å²) in [7, 11) is 0. The van der Waals surface area contributed by atoms with Crippen LogP contribution in [0.1, 0.15) is 37.7 Å². The van der Waals surface area contributed by atoms with Gasteiger partial charge in [0, 0.05) is 30.2 Å². The first-order chi connectivity index (χ1) is 13.9. The van der Waals surface area contributed by atoms with Crippen molar-refractivity contribution >= 4 is 40.9 Å². The third-order valence-electron chi connectivity index (χ3n) is 5.43. The molecule has 1 atom stereocenters. The summed E-state index contributed by atoms with van der Waals surface area (Å²) in [4.78, 5) is 47.2. The zero-order chi connectivity index (χ0) is 20.5. The van der Waals surface area contributed by atoms with Gasteiger partial charge in [-0.2, -0.15) is 4.98 Å². The Balaban J connectivity index is 1.63. The highest BCUT2D eigenvalue weighted by Gasteiger charge is 2.35. The maximum atomic E-state index is 12.8. The predicted octanol–water partition coefficient (Wildman–Crippen LogP) is 2.72. The van der Waals surface area contributed by atoms with E-state index in [2.05, 4.69) is 27.5 Å². The van der Waals surface area contributed by atoms with Gasteiger partial charge in [0.25, 0.3) is 5.56 Å². The van der Waals surface area contributed by atoms with Crippen LogP contribution in [0.2, 0.25) is 5.02 Å². The molecular formula is C20H22ClN5O3. The number of benzene rings is 1. The molecule has 2 amide bonds. The molecule has 0 radical (unpaired) electrons. The topological polar surface area (TPSA) is 107 Å². The van der Waals surface area contributed by atoms with Gasteiger partial charge in [-0.05, 0) is 37.0 Å². The van der Waals surface area contributed by atoms with Crippen LogP contribution in [0.15, 0.2) is 29.1 Å². The molecular weight excluding hydrogens is 394 g/mol. The first kappa shape index (κ1) is 19.4. The van der Waals surface area contributed by atoms with Gasteiger partial charge in [-0.25, -0.2) is 0 Å². The molecule has 0 spiro atoms. The molecule has 2 aromatic rings. The minimum absolute atomic E-state index is 0.120. The van der Waals surface area contributed by atoms with Crippen LogP contribution in [0.4, 0.5) is 17.5 Å². The SMILES string of the molecule is CC1CCN(c2nc3c(c(=O)[nH]2)[C@H](C(=O)Nc2cccc(Cl)c2)CC(=O)N3)CC1. The molecule has 2 aliphatic heterocycles. The molecule has 1 aromatic carbocycles. The number of aromatic amines is 1.